The molecule has 0 aromatic heterocycles. The average Bonchev–Trinajstić information content (AvgIpc) is 2.24. The van der Waals surface area contributed by atoms with Crippen molar-refractivity contribution in [3.8, 4) is 0 Å². The fourth-order valence-electron chi connectivity index (χ4n) is 1.92. The van der Waals surface area contributed by atoms with Crippen LogP contribution in [0.25, 0.3) is 4.91 Å². The molecule has 1 aromatic rings. The van der Waals surface area contributed by atoms with Crippen molar-refractivity contribution < 1.29 is 30.7 Å². The minimum absolute atomic E-state index is 0.114. The lowest BCUT2D eigenvalue weighted by molar-refractivity contribution is -0.114. The van der Waals surface area contributed by atoms with E-state index in [2.05, 4.69) is 0 Å². The molecule has 0 saturated carbocycles. The molecule has 1 aliphatic carbocycles. The van der Waals surface area contributed by atoms with Crippen LogP contribution in [0, 0.1) is 0 Å². The zero-order chi connectivity index (χ0) is 14.4. The van der Waals surface area contributed by atoms with E-state index in [1.165, 1.54) is 24.3 Å². The molecule has 0 unspecified atom stereocenters. The third kappa shape index (κ3) is 2.45. The molecule has 1 aliphatic rings. The normalized spacial score (nSPS) is 16.4. The summed E-state index contributed by atoms with van der Waals surface area (Å²) in [6, 6.07) is 5.63. The van der Waals surface area contributed by atoms with Gasteiger partial charge in [-0.15, -0.1) is 0 Å². The molecule has 0 saturated heterocycles. The number of fused-ring (bicyclic) bond motifs is 1. The molecule has 2 N–H and O–H groups in total. The van der Waals surface area contributed by atoms with Gasteiger partial charge in [0.2, 0.25) is 0 Å². The van der Waals surface area contributed by atoms with Gasteiger partial charge in [0.05, 0.1) is 0 Å². The maximum absolute atomic E-state index is 11.7. The molecule has 2 rings (SSSR count). The minimum atomic E-state index is -5.06. The van der Waals surface area contributed by atoms with Crippen LogP contribution in [-0.2, 0) is 31.5 Å². The van der Waals surface area contributed by atoms with Crippen LogP contribution in [0.1, 0.15) is 11.1 Å². The topological polar surface area (TPSA) is 126 Å². The molecule has 1 aromatic carbocycles. The lowest BCUT2D eigenvalue weighted by Gasteiger charge is -2.18. The van der Waals surface area contributed by atoms with Crippen LogP contribution in [0.3, 0.4) is 0 Å². The smallest absolute Gasteiger partial charge is 0.293 e. The second-order valence-corrected chi connectivity index (χ2v) is 6.58. The Bertz CT molecular complexity index is 800. The van der Waals surface area contributed by atoms with E-state index >= 15 is 0 Å². The van der Waals surface area contributed by atoms with Crippen molar-refractivity contribution in [1.82, 2.24) is 0 Å². The Morgan fingerprint density at radius 3 is 1.95 bits per heavy atom. The summed E-state index contributed by atoms with van der Waals surface area (Å²) in [6.07, 6.45) is -0.371. The van der Waals surface area contributed by atoms with Crippen LogP contribution in [-0.4, -0.2) is 31.7 Å². The maximum Gasteiger partial charge on any atom is 0.299 e. The highest BCUT2D eigenvalue weighted by molar-refractivity contribution is 7.98. The number of rotatable bonds is 2. The molecule has 0 amide bonds. The minimum Gasteiger partial charge on any atom is -0.293 e. The summed E-state index contributed by atoms with van der Waals surface area (Å²) in [5.74, 6) is -1.09. The third-order valence-corrected chi connectivity index (χ3v) is 4.61. The fourth-order valence-corrected chi connectivity index (χ4v) is 4.08. The second-order valence-electron chi connectivity index (χ2n) is 3.87. The predicted molar refractivity (Wildman–Crippen MR) is 65.2 cm³/mol. The summed E-state index contributed by atoms with van der Waals surface area (Å²) < 4.78 is 63.1. The first kappa shape index (κ1) is 13.9. The number of carbonyl (C=O) groups excluding carboxylic acids is 1. The van der Waals surface area contributed by atoms with E-state index in [1.54, 1.807) is 0 Å². The highest BCUT2D eigenvalue weighted by atomic mass is 32.2. The van der Waals surface area contributed by atoms with Crippen LogP contribution >= 0.6 is 0 Å². The summed E-state index contributed by atoms with van der Waals surface area (Å²) >= 11 is 0. The van der Waals surface area contributed by atoms with Crippen LogP contribution in [0.5, 0.6) is 0 Å². The van der Waals surface area contributed by atoms with Crippen LogP contribution in [0.4, 0.5) is 0 Å². The number of hydrogen-bond donors (Lipinski definition) is 2. The number of hydrogen-bond acceptors (Lipinski definition) is 5. The Labute approximate surface area is 109 Å². The van der Waals surface area contributed by atoms with Crippen molar-refractivity contribution in [1.29, 1.82) is 0 Å². The van der Waals surface area contributed by atoms with Crippen LogP contribution in [0.2, 0.25) is 0 Å². The standard InChI is InChI=1S/C10H8O7S2/c11-8-5-6-3-1-2-4-7(6)9(18(12,13)14)10(8)19(15,16)17/h1-4H,5H2,(H,12,13,14)(H,15,16,17). The number of benzene rings is 1. The van der Waals surface area contributed by atoms with Crippen molar-refractivity contribution >= 4 is 30.9 Å². The highest BCUT2D eigenvalue weighted by Gasteiger charge is 2.38. The average molecular weight is 304 g/mol. The Hall–Kier alpha value is -1.55. The van der Waals surface area contributed by atoms with E-state index < -0.39 is 35.8 Å². The Morgan fingerprint density at radius 2 is 1.42 bits per heavy atom. The molecule has 0 spiro atoms. The summed E-state index contributed by atoms with van der Waals surface area (Å²) in [7, 11) is -10.0. The van der Waals surface area contributed by atoms with Crippen molar-refractivity contribution in [2.45, 2.75) is 6.42 Å². The monoisotopic (exact) mass is 304 g/mol. The number of carbonyl (C=O) groups is 1. The van der Waals surface area contributed by atoms with Gasteiger partial charge in [-0.2, -0.15) is 16.8 Å². The van der Waals surface area contributed by atoms with E-state index in [4.69, 9.17) is 9.11 Å². The van der Waals surface area contributed by atoms with Crippen molar-refractivity contribution in [3.63, 3.8) is 0 Å². The molecule has 0 radical (unpaired) electrons. The number of ketones is 1. The fraction of sp³-hybridized carbons (Fsp3) is 0.100. The van der Waals surface area contributed by atoms with Crippen molar-refractivity contribution in [2.24, 2.45) is 0 Å². The van der Waals surface area contributed by atoms with E-state index in [0.29, 0.717) is 0 Å². The molecular formula is C10H8O7S2. The van der Waals surface area contributed by atoms with E-state index in [-0.39, 0.29) is 17.5 Å². The van der Waals surface area contributed by atoms with Crippen LogP contribution < -0.4 is 0 Å². The quantitative estimate of drug-likeness (QED) is 0.750. The molecule has 0 fully saturated rings. The van der Waals surface area contributed by atoms with Gasteiger partial charge >= 0.3 is 0 Å². The molecule has 7 nitrogen and oxygen atoms in total. The Balaban J connectivity index is 2.99. The number of allylic oxidation sites excluding steroid dienone is 1. The first-order chi connectivity index (χ1) is 8.62. The van der Waals surface area contributed by atoms with Gasteiger partial charge in [0.25, 0.3) is 20.2 Å². The SMILES string of the molecule is O=C1Cc2ccccc2C(S(=O)(=O)O)=C1S(=O)(=O)O. The summed E-state index contributed by atoms with van der Waals surface area (Å²) in [6.45, 7) is 0. The lowest BCUT2D eigenvalue weighted by Crippen LogP contribution is -2.24. The molecule has 0 atom stereocenters. The second kappa shape index (κ2) is 4.23. The van der Waals surface area contributed by atoms with Gasteiger partial charge in [-0.05, 0) is 5.56 Å². The van der Waals surface area contributed by atoms with Gasteiger partial charge in [0.1, 0.15) is 4.91 Å². The maximum atomic E-state index is 11.7. The molecule has 19 heavy (non-hydrogen) atoms. The largest absolute Gasteiger partial charge is 0.299 e. The lowest BCUT2D eigenvalue weighted by atomic mass is 9.96. The van der Waals surface area contributed by atoms with Gasteiger partial charge in [0.15, 0.2) is 10.7 Å². The molecule has 0 aliphatic heterocycles. The number of Topliss-reactive ketones (excluding diaryl/α,β-unsaturated/α-hetero) is 1. The predicted octanol–water partition coefficient (Wildman–Crippen LogP) is 0.256. The van der Waals surface area contributed by atoms with E-state index in [9.17, 15) is 21.6 Å². The van der Waals surface area contributed by atoms with Gasteiger partial charge in [0, 0.05) is 12.0 Å². The zero-order valence-corrected chi connectivity index (χ0v) is 10.9. The molecular weight excluding hydrogens is 296 g/mol. The summed E-state index contributed by atoms with van der Waals surface area (Å²) in [5, 5.41) is 0. The zero-order valence-electron chi connectivity index (χ0n) is 9.27. The third-order valence-electron chi connectivity index (χ3n) is 2.59. The molecule has 9 heteroatoms. The van der Waals surface area contributed by atoms with Gasteiger partial charge in [-0.3, -0.25) is 13.9 Å². The molecule has 0 bridgehead atoms. The summed E-state index contributed by atoms with van der Waals surface area (Å²) in [4.78, 5) is 9.31. The Morgan fingerprint density at radius 1 is 0.895 bits per heavy atom. The van der Waals surface area contributed by atoms with Crippen molar-refractivity contribution in [3.05, 3.63) is 40.3 Å². The first-order valence-corrected chi connectivity index (χ1v) is 7.81. The van der Waals surface area contributed by atoms with Gasteiger partial charge in [-0.1, -0.05) is 24.3 Å². The van der Waals surface area contributed by atoms with Crippen molar-refractivity contribution in [2.75, 3.05) is 0 Å². The highest BCUT2D eigenvalue weighted by Crippen LogP contribution is 2.34. The first-order valence-electron chi connectivity index (χ1n) is 4.93. The summed E-state index contributed by atoms with van der Waals surface area (Å²) in [5.41, 5.74) is 0.143. The van der Waals surface area contributed by atoms with Gasteiger partial charge in [-0.25, -0.2) is 0 Å². The van der Waals surface area contributed by atoms with E-state index in [0.717, 1.165) is 0 Å². The molecule has 102 valence electrons. The Kier molecular flexibility index (Phi) is 3.09. The molecule has 0 heterocycles. The van der Waals surface area contributed by atoms with Crippen LogP contribution in [0.15, 0.2) is 29.2 Å². The van der Waals surface area contributed by atoms with Gasteiger partial charge < -0.3 is 0 Å². The van der Waals surface area contributed by atoms with E-state index in [1.807, 2.05) is 0 Å².